The third-order valence-electron chi connectivity index (χ3n) is 2.47. The van der Waals surface area contributed by atoms with Gasteiger partial charge in [-0.2, -0.15) is 11.3 Å². The lowest BCUT2D eigenvalue weighted by Gasteiger charge is -2.13. The van der Waals surface area contributed by atoms with Gasteiger partial charge in [-0.3, -0.25) is 0 Å². The van der Waals surface area contributed by atoms with Crippen molar-refractivity contribution in [2.24, 2.45) is 0 Å². The summed E-state index contributed by atoms with van der Waals surface area (Å²) in [5, 5.41) is 16.8. The van der Waals surface area contributed by atoms with Crippen LogP contribution in [0.4, 0.5) is 5.69 Å². The van der Waals surface area contributed by atoms with E-state index in [9.17, 15) is 5.11 Å². The van der Waals surface area contributed by atoms with Crippen LogP contribution in [0, 0.1) is 0 Å². The third kappa shape index (κ3) is 3.22. The fourth-order valence-corrected chi connectivity index (χ4v) is 2.35. The van der Waals surface area contributed by atoms with Gasteiger partial charge in [-0.05, 0) is 28.5 Å². The van der Waals surface area contributed by atoms with Crippen molar-refractivity contribution >= 4 is 28.6 Å². The topological polar surface area (TPSA) is 32.3 Å². The average molecular weight is 268 g/mol. The summed E-state index contributed by atoms with van der Waals surface area (Å²) in [6.45, 7) is 0.463. The van der Waals surface area contributed by atoms with E-state index in [2.05, 4.69) is 28.2 Å². The summed E-state index contributed by atoms with van der Waals surface area (Å²) >= 11 is 7.24. The molecule has 0 bridgehead atoms. The Labute approximate surface area is 110 Å². The first-order valence-electron chi connectivity index (χ1n) is 5.40. The molecule has 4 heteroatoms. The first kappa shape index (κ1) is 12.4. The second kappa shape index (κ2) is 6.05. The summed E-state index contributed by atoms with van der Waals surface area (Å²) < 4.78 is 0. The predicted octanol–water partition coefficient (Wildman–Crippen LogP) is 3.43. The van der Waals surface area contributed by atoms with Crippen LogP contribution < -0.4 is 5.32 Å². The van der Waals surface area contributed by atoms with Gasteiger partial charge in [0.25, 0.3) is 0 Å². The number of anilines is 1. The Bertz CT molecular complexity index is 458. The van der Waals surface area contributed by atoms with Crippen molar-refractivity contribution in [2.45, 2.75) is 6.10 Å². The molecule has 1 unspecified atom stereocenters. The Morgan fingerprint density at radius 3 is 2.82 bits per heavy atom. The Kier molecular flexibility index (Phi) is 4.42. The lowest BCUT2D eigenvalue weighted by Crippen LogP contribution is -2.20. The molecule has 0 aliphatic heterocycles. The van der Waals surface area contributed by atoms with Gasteiger partial charge in [0.15, 0.2) is 0 Å². The molecule has 90 valence electrons. The van der Waals surface area contributed by atoms with E-state index in [0.29, 0.717) is 6.54 Å². The summed E-state index contributed by atoms with van der Waals surface area (Å²) in [7, 11) is 0. The summed E-state index contributed by atoms with van der Waals surface area (Å²) in [6, 6.07) is 10.1. The summed E-state index contributed by atoms with van der Waals surface area (Å²) in [6.07, 6.45) is -0.521. The van der Waals surface area contributed by atoms with Crippen LogP contribution in [0.1, 0.15) is 0 Å². The number of hydrogen-bond donors (Lipinski definition) is 2. The molecule has 17 heavy (non-hydrogen) atoms. The Morgan fingerprint density at radius 1 is 1.29 bits per heavy atom. The van der Waals surface area contributed by atoms with Crippen LogP contribution in [-0.4, -0.2) is 23.6 Å². The Morgan fingerprint density at radius 2 is 2.12 bits per heavy atom. The van der Waals surface area contributed by atoms with E-state index >= 15 is 0 Å². The van der Waals surface area contributed by atoms with Gasteiger partial charge in [0.1, 0.15) is 0 Å². The molecule has 0 saturated carbocycles. The third-order valence-corrected chi connectivity index (χ3v) is 3.50. The minimum absolute atomic E-state index is 0.244. The number of thiophene rings is 1. The Balaban J connectivity index is 2.17. The number of nitrogens with one attached hydrogen (secondary N) is 1. The molecule has 2 aromatic rings. The fourth-order valence-electron chi connectivity index (χ4n) is 1.59. The van der Waals surface area contributed by atoms with Crippen molar-refractivity contribution < 1.29 is 5.11 Å². The van der Waals surface area contributed by atoms with Gasteiger partial charge in [0, 0.05) is 17.8 Å². The molecular formula is C13H14ClNOS. The van der Waals surface area contributed by atoms with E-state index in [4.69, 9.17) is 11.6 Å². The first-order valence-corrected chi connectivity index (χ1v) is 6.88. The quantitative estimate of drug-likeness (QED) is 0.814. The number of aliphatic hydroxyl groups is 1. The molecule has 2 N–H and O–H groups in total. The number of halogens is 1. The zero-order valence-electron chi connectivity index (χ0n) is 9.27. The van der Waals surface area contributed by atoms with E-state index in [1.54, 1.807) is 11.3 Å². The zero-order valence-corrected chi connectivity index (χ0v) is 10.8. The van der Waals surface area contributed by atoms with Gasteiger partial charge in [-0.1, -0.05) is 18.2 Å². The van der Waals surface area contributed by atoms with Crippen LogP contribution in [-0.2, 0) is 0 Å². The van der Waals surface area contributed by atoms with Crippen LogP contribution >= 0.6 is 22.9 Å². The highest BCUT2D eigenvalue weighted by Gasteiger charge is 2.06. The maximum atomic E-state index is 9.45. The van der Waals surface area contributed by atoms with E-state index in [-0.39, 0.29) is 5.88 Å². The minimum atomic E-state index is -0.521. The van der Waals surface area contributed by atoms with Crippen molar-refractivity contribution in [3.8, 4) is 11.1 Å². The summed E-state index contributed by atoms with van der Waals surface area (Å²) in [5.41, 5.74) is 3.36. The standard InChI is InChI=1S/C13H14ClNOS/c14-7-11(16)8-15-13-4-2-1-3-12(13)10-5-6-17-9-10/h1-6,9,11,15-16H,7-8H2. The predicted molar refractivity (Wildman–Crippen MR) is 75.0 cm³/mol. The molecule has 2 rings (SSSR count). The maximum Gasteiger partial charge on any atom is 0.0847 e. The minimum Gasteiger partial charge on any atom is -0.390 e. The second-order valence-electron chi connectivity index (χ2n) is 3.75. The highest BCUT2D eigenvalue weighted by molar-refractivity contribution is 7.08. The smallest absolute Gasteiger partial charge is 0.0847 e. The van der Waals surface area contributed by atoms with Gasteiger partial charge >= 0.3 is 0 Å². The molecular weight excluding hydrogens is 254 g/mol. The highest BCUT2D eigenvalue weighted by atomic mass is 35.5. The monoisotopic (exact) mass is 267 g/mol. The average Bonchev–Trinajstić information content (AvgIpc) is 2.90. The molecule has 0 saturated heterocycles. The molecule has 1 atom stereocenters. The molecule has 0 aliphatic rings. The number of para-hydroxylation sites is 1. The lowest BCUT2D eigenvalue weighted by atomic mass is 10.1. The molecule has 0 spiro atoms. The molecule has 1 heterocycles. The molecule has 0 amide bonds. The van der Waals surface area contributed by atoms with Crippen LogP contribution in [0.2, 0.25) is 0 Å². The van der Waals surface area contributed by atoms with Crippen molar-refractivity contribution in [1.82, 2.24) is 0 Å². The molecule has 0 aliphatic carbocycles. The van der Waals surface area contributed by atoms with Gasteiger partial charge in [0.2, 0.25) is 0 Å². The number of aliphatic hydroxyl groups excluding tert-OH is 1. The summed E-state index contributed by atoms with van der Waals surface area (Å²) in [5.74, 6) is 0.244. The van der Waals surface area contributed by atoms with Crippen molar-refractivity contribution in [3.05, 3.63) is 41.1 Å². The SMILES string of the molecule is OC(CCl)CNc1ccccc1-c1ccsc1. The fraction of sp³-hybridized carbons (Fsp3) is 0.231. The van der Waals surface area contributed by atoms with Crippen LogP contribution in [0.3, 0.4) is 0 Å². The molecule has 2 nitrogen and oxygen atoms in total. The molecule has 1 aromatic heterocycles. The van der Waals surface area contributed by atoms with Crippen molar-refractivity contribution in [3.63, 3.8) is 0 Å². The van der Waals surface area contributed by atoms with E-state index in [1.165, 1.54) is 5.56 Å². The molecule has 1 aromatic carbocycles. The van der Waals surface area contributed by atoms with Gasteiger partial charge in [0.05, 0.1) is 12.0 Å². The van der Waals surface area contributed by atoms with E-state index in [1.807, 2.05) is 18.2 Å². The van der Waals surface area contributed by atoms with E-state index < -0.39 is 6.10 Å². The summed E-state index contributed by atoms with van der Waals surface area (Å²) in [4.78, 5) is 0. The van der Waals surface area contributed by atoms with Crippen LogP contribution in [0.5, 0.6) is 0 Å². The van der Waals surface area contributed by atoms with Gasteiger partial charge in [-0.15, -0.1) is 11.6 Å². The van der Waals surface area contributed by atoms with Crippen molar-refractivity contribution in [1.29, 1.82) is 0 Å². The molecule has 0 radical (unpaired) electrons. The van der Waals surface area contributed by atoms with Gasteiger partial charge < -0.3 is 10.4 Å². The second-order valence-corrected chi connectivity index (χ2v) is 4.84. The highest BCUT2D eigenvalue weighted by Crippen LogP contribution is 2.29. The maximum absolute atomic E-state index is 9.45. The Hall–Kier alpha value is -1.03. The zero-order chi connectivity index (χ0) is 12.1. The van der Waals surface area contributed by atoms with Crippen LogP contribution in [0.25, 0.3) is 11.1 Å². The molecule has 0 fully saturated rings. The van der Waals surface area contributed by atoms with Crippen molar-refractivity contribution in [2.75, 3.05) is 17.7 Å². The van der Waals surface area contributed by atoms with Gasteiger partial charge in [-0.25, -0.2) is 0 Å². The number of alkyl halides is 1. The largest absolute Gasteiger partial charge is 0.390 e. The van der Waals surface area contributed by atoms with Crippen LogP contribution in [0.15, 0.2) is 41.1 Å². The first-order chi connectivity index (χ1) is 8.31. The number of benzene rings is 1. The lowest BCUT2D eigenvalue weighted by molar-refractivity contribution is 0.211. The number of hydrogen-bond acceptors (Lipinski definition) is 3. The van der Waals surface area contributed by atoms with E-state index in [0.717, 1.165) is 11.3 Å². The number of rotatable bonds is 5. The normalized spacial score (nSPS) is 12.4.